The summed E-state index contributed by atoms with van der Waals surface area (Å²) in [5.74, 6) is 0.458. The minimum absolute atomic E-state index is 0.0616. The van der Waals surface area contributed by atoms with Crippen molar-refractivity contribution in [2.75, 3.05) is 11.1 Å². The summed E-state index contributed by atoms with van der Waals surface area (Å²) in [5.41, 5.74) is 1.09. The zero-order chi connectivity index (χ0) is 21.8. The topological polar surface area (TPSA) is 76.9 Å². The van der Waals surface area contributed by atoms with Gasteiger partial charge in [-0.25, -0.2) is 9.97 Å². The van der Waals surface area contributed by atoms with Crippen molar-refractivity contribution in [3.8, 4) is 0 Å². The van der Waals surface area contributed by atoms with E-state index in [-0.39, 0.29) is 28.1 Å². The Labute approximate surface area is 189 Å². The van der Waals surface area contributed by atoms with Gasteiger partial charge in [-0.15, -0.1) is 0 Å². The molecule has 3 aromatic rings. The molecule has 0 radical (unpaired) electrons. The van der Waals surface area contributed by atoms with Gasteiger partial charge in [0, 0.05) is 6.54 Å². The molecule has 2 aromatic heterocycles. The smallest absolute Gasteiger partial charge is 0.262 e. The third kappa shape index (κ3) is 5.33. The van der Waals surface area contributed by atoms with Crippen LogP contribution in [0.15, 0.2) is 40.3 Å². The zero-order valence-corrected chi connectivity index (χ0v) is 19.2. The highest BCUT2D eigenvalue weighted by molar-refractivity contribution is 7.99. The number of para-hydroxylation sites is 1. The molecule has 30 heavy (non-hydrogen) atoms. The Kier molecular flexibility index (Phi) is 7.39. The normalized spacial score (nSPS) is 11.3. The molecule has 0 saturated heterocycles. The minimum Gasteiger partial charge on any atom is -0.309 e. The average Bonchev–Trinajstić information content (AvgIpc) is 2.70. The Morgan fingerprint density at radius 3 is 2.67 bits per heavy atom. The summed E-state index contributed by atoms with van der Waals surface area (Å²) in [4.78, 5) is 34.3. The van der Waals surface area contributed by atoms with Crippen molar-refractivity contribution in [3.63, 3.8) is 0 Å². The van der Waals surface area contributed by atoms with Gasteiger partial charge in [-0.3, -0.25) is 14.2 Å². The summed E-state index contributed by atoms with van der Waals surface area (Å²) in [6.45, 7) is 6.48. The number of aryl methyl sites for hydroxylation is 1. The van der Waals surface area contributed by atoms with Gasteiger partial charge in [-0.05, 0) is 37.5 Å². The van der Waals surface area contributed by atoms with Crippen LogP contribution in [0.25, 0.3) is 10.9 Å². The van der Waals surface area contributed by atoms with Gasteiger partial charge < -0.3 is 5.32 Å². The molecular formula is C21H22Cl2N4O2S. The van der Waals surface area contributed by atoms with Crippen LogP contribution in [-0.4, -0.2) is 26.2 Å². The number of thioether (sulfide) groups is 1. The fourth-order valence-corrected chi connectivity index (χ4v) is 4.02. The first-order chi connectivity index (χ1) is 14.3. The van der Waals surface area contributed by atoms with Gasteiger partial charge in [0.25, 0.3) is 5.56 Å². The van der Waals surface area contributed by atoms with E-state index in [1.54, 1.807) is 29.7 Å². The number of amides is 1. The third-order valence-electron chi connectivity index (χ3n) is 4.45. The number of nitrogens with one attached hydrogen (secondary N) is 1. The lowest BCUT2D eigenvalue weighted by molar-refractivity contribution is -0.113. The Bertz CT molecular complexity index is 1150. The molecule has 1 amide bonds. The summed E-state index contributed by atoms with van der Waals surface area (Å²) in [6, 6.07) is 8.78. The van der Waals surface area contributed by atoms with E-state index in [1.807, 2.05) is 12.1 Å². The Morgan fingerprint density at radius 2 is 1.93 bits per heavy atom. The number of fused-ring (bicyclic) bond motifs is 1. The first kappa shape index (κ1) is 22.6. The summed E-state index contributed by atoms with van der Waals surface area (Å²) < 4.78 is 1.65. The van der Waals surface area contributed by atoms with E-state index in [4.69, 9.17) is 23.2 Å². The van der Waals surface area contributed by atoms with Gasteiger partial charge in [0.2, 0.25) is 5.91 Å². The van der Waals surface area contributed by atoms with E-state index >= 15 is 0 Å². The molecule has 158 valence electrons. The van der Waals surface area contributed by atoms with Gasteiger partial charge in [-0.1, -0.05) is 60.9 Å². The van der Waals surface area contributed by atoms with Crippen molar-refractivity contribution in [1.82, 2.24) is 14.5 Å². The quantitative estimate of drug-likeness (QED) is 0.384. The van der Waals surface area contributed by atoms with Crippen LogP contribution in [0.2, 0.25) is 10.0 Å². The van der Waals surface area contributed by atoms with E-state index in [0.717, 1.165) is 6.42 Å². The lowest BCUT2D eigenvalue weighted by Gasteiger charge is -2.14. The van der Waals surface area contributed by atoms with Crippen LogP contribution in [0.3, 0.4) is 0 Å². The van der Waals surface area contributed by atoms with Crippen LogP contribution < -0.4 is 10.9 Å². The number of anilines is 1. The Hall–Kier alpha value is -2.09. The minimum atomic E-state index is -0.297. The number of nitrogens with zero attached hydrogens (tertiary/aromatic N) is 3. The molecule has 1 aromatic carbocycles. The van der Waals surface area contributed by atoms with Crippen LogP contribution in [0, 0.1) is 12.8 Å². The molecule has 0 spiro atoms. The highest BCUT2D eigenvalue weighted by atomic mass is 35.5. The molecule has 3 rings (SSSR count). The fourth-order valence-electron chi connectivity index (χ4n) is 2.79. The van der Waals surface area contributed by atoms with Gasteiger partial charge in [0.05, 0.1) is 32.4 Å². The maximum atomic E-state index is 13.0. The first-order valence-corrected chi connectivity index (χ1v) is 11.2. The standard InChI is InChI=1S/C21H22Cl2N4O2S/c1-12(2)8-9-27-20(29)14-6-4-5-7-17(14)25-21(27)30-11-18(28)26-19-16(23)10-15(22)13(3)24-19/h4-7,10,12H,8-9,11H2,1-3H3,(H,24,26,28). The van der Waals surface area contributed by atoms with Crippen LogP contribution >= 0.6 is 35.0 Å². The number of pyridine rings is 1. The third-order valence-corrected chi connectivity index (χ3v) is 6.10. The fraction of sp³-hybridized carbons (Fsp3) is 0.333. The summed E-state index contributed by atoms with van der Waals surface area (Å²) in [5, 5.41) is 4.48. The molecule has 0 atom stereocenters. The molecular weight excluding hydrogens is 443 g/mol. The predicted molar refractivity (Wildman–Crippen MR) is 124 cm³/mol. The lowest BCUT2D eigenvalue weighted by Crippen LogP contribution is -2.25. The second kappa shape index (κ2) is 9.81. The van der Waals surface area contributed by atoms with Crippen molar-refractivity contribution < 1.29 is 4.79 Å². The number of benzene rings is 1. The molecule has 9 heteroatoms. The maximum Gasteiger partial charge on any atom is 0.262 e. The predicted octanol–water partition coefficient (Wildman–Crippen LogP) is 5.18. The largest absolute Gasteiger partial charge is 0.309 e. The first-order valence-electron chi connectivity index (χ1n) is 9.51. The number of carbonyl (C=O) groups excluding carboxylic acids is 1. The van der Waals surface area contributed by atoms with Crippen LogP contribution in [0.5, 0.6) is 0 Å². The average molecular weight is 465 g/mol. The molecule has 2 heterocycles. The highest BCUT2D eigenvalue weighted by Gasteiger charge is 2.15. The number of carbonyl (C=O) groups is 1. The number of hydrogen-bond acceptors (Lipinski definition) is 5. The second-order valence-electron chi connectivity index (χ2n) is 7.27. The Morgan fingerprint density at radius 1 is 1.20 bits per heavy atom. The van der Waals surface area contributed by atoms with Crippen molar-refractivity contribution >= 4 is 57.6 Å². The van der Waals surface area contributed by atoms with Crippen molar-refractivity contribution in [3.05, 3.63) is 56.4 Å². The zero-order valence-electron chi connectivity index (χ0n) is 16.9. The molecule has 6 nitrogen and oxygen atoms in total. The summed E-state index contributed by atoms with van der Waals surface area (Å²) in [7, 11) is 0. The SMILES string of the molecule is Cc1nc(NC(=O)CSc2nc3ccccc3c(=O)n2CCC(C)C)c(Cl)cc1Cl. The monoisotopic (exact) mass is 464 g/mol. The van der Waals surface area contributed by atoms with E-state index in [1.165, 1.54) is 11.8 Å². The van der Waals surface area contributed by atoms with Crippen molar-refractivity contribution in [1.29, 1.82) is 0 Å². The molecule has 0 aliphatic rings. The second-order valence-corrected chi connectivity index (χ2v) is 9.03. The van der Waals surface area contributed by atoms with Crippen LogP contribution in [0.4, 0.5) is 5.82 Å². The van der Waals surface area contributed by atoms with Crippen LogP contribution in [-0.2, 0) is 11.3 Å². The number of hydrogen-bond donors (Lipinski definition) is 1. The van der Waals surface area contributed by atoms with Crippen LogP contribution in [0.1, 0.15) is 26.0 Å². The van der Waals surface area contributed by atoms with E-state index in [9.17, 15) is 9.59 Å². The molecule has 0 fully saturated rings. The Balaban J connectivity index is 1.82. The number of rotatable bonds is 7. The summed E-state index contributed by atoms with van der Waals surface area (Å²) >= 11 is 13.3. The van der Waals surface area contributed by atoms with Gasteiger partial charge in [0.15, 0.2) is 11.0 Å². The van der Waals surface area contributed by atoms with E-state index in [2.05, 4.69) is 29.1 Å². The molecule has 0 aliphatic carbocycles. The van der Waals surface area contributed by atoms with Crippen molar-refractivity contribution in [2.45, 2.75) is 38.9 Å². The van der Waals surface area contributed by atoms with Gasteiger partial charge in [-0.2, -0.15) is 0 Å². The summed E-state index contributed by atoms with van der Waals surface area (Å²) in [6.07, 6.45) is 0.837. The number of halogens is 2. The molecule has 0 unspecified atom stereocenters. The van der Waals surface area contributed by atoms with E-state index < -0.39 is 0 Å². The van der Waals surface area contributed by atoms with Gasteiger partial charge in [0.1, 0.15) is 0 Å². The highest BCUT2D eigenvalue weighted by Crippen LogP contribution is 2.26. The molecule has 0 aliphatic heterocycles. The molecule has 1 N–H and O–H groups in total. The molecule has 0 bridgehead atoms. The van der Waals surface area contributed by atoms with Crippen molar-refractivity contribution in [2.24, 2.45) is 5.92 Å². The maximum absolute atomic E-state index is 13.0. The van der Waals surface area contributed by atoms with E-state index in [0.29, 0.717) is 39.2 Å². The molecule has 0 saturated carbocycles. The lowest BCUT2D eigenvalue weighted by atomic mass is 10.1. The number of aromatic nitrogens is 3. The van der Waals surface area contributed by atoms with Gasteiger partial charge >= 0.3 is 0 Å².